The van der Waals surface area contributed by atoms with Gasteiger partial charge in [0.15, 0.2) is 11.5 Å². The molecule has 42 heavy (non-hydrogen) atoms. The number of aromatic amines is 1. The minimum absolute atomic E-state index is 0.150. The first-order chi connectivity index (χ1) is 19.9. The van der Waals surface area contributed by atoms with Crippen LogP contribution in [0.1, 0.15) is 111 Å². The number of carbonyl (C=O) groups is 2. The molecule has 0 saturated carbocycles. The highest BCUT2D eigenvalue weighted by Crippen LogP contribution is 2.32. The Morgan fingerprint density at radius 3 is 2.24 bits per heavy atom. The van der Waals surface area contributed by atoms with Gasteiger partial charge < -0.3 is 15.4 Å². The minimum Gasteiger partial charge on any atom is -0.465 e. The molecule has 0 saturated heterocycles. The lowest BCUT2D eigenvalue weighted by atomic mass is 9.92. The summed E-state index contributed by atoms with van der Waals surface area (Å²) in [5.74, 6) is 0.175. The summed E-state index contributed by atoms with van der Waals surface area (Å²) < 4.78 is 7.08. The van der Waals surface area contributed by atoms with Crippen LogP contribution in [0.5, 0.6) is 0 Å². The molecule has 2 heterocycles. The topological polar surface area (TPSA) is 113 Å². The molecule has 3 rings (SSSR count). The van der Waals surface area contributed by atoms with Crippen LogP contribution in [-0.4, -0.2) is 45.0 Å². The molecule has 9 nitrogen and oxygen atoms in total. The van der Waals surface area contributed by atoms with Gasteiger partial charge in [-0.15, -0.1) is 5.10 Å². The molecule has 0 aliphatic carbocycles. The smallest absolute Gasteiger partial charge is 0.319 e. The van der Waals surface area contributed by atoms with Gasteiger partial charge in [-0.1, -0.05) is 109 Å². The predicted molar refractivity (Wildman–Crippen MR) is 170 cm³/mol. The third-order valence-corrected chi connectivity index (χ3v) is 7.70. The fourth-order valence-electron chi connectivity index (χ4n) is 4.65. The SMILES string of the molecule is CCCCCCCCCCCCOC(=O)C(C)(C)CNC(=O)Nc1cccc(-c2nc3c(Cl)c(C(C)(C)C)[nH]n3n2)c1. The number of carbonyl (C=O) groups excluding carboxylic acids is 2. The number of nitrogens with zero attached hydrogens (tertiary/aromatic N) is 3. The molecule has 0 spiro atoms. The fourth-order valence-corrected chi connectivity index (χ4v) is 5.10. The van der Waals surface area contributed by atoms with Gasteiger partial charge in [0.1, 0.15) is 5.02 Å². The number of aromatic nitrogens is 4. The number of unbranched alkanes of at least 4 members (excludes halogenated alkanes) is 9. The first-order valence-corrected chi connectivity index (χ1v) is 15.8. The molecule has 0 unspecified atom stereocenters. The van der Waals surface area contributed by atoms with E-state index in [9.17, 15) is 9.59 Å². The molecule has 2 amide bonds. The lowest BCUT2D eigenvalue weighted by molar-refractivity contribution is -0.153. The summed E-state index contributed by atoms with van der Waals surface area (Å²) in [5.41, 5.74) is 1.71. The number of amides is 2. The molecule has 0 aliphatic rings. The molecule has 3 aromatic rings. The fraction of sp³-hybridized carbons (Fsp3) is 0.625. The van der Waals surface area contributed by atoms with Crippen molar-refractivity contribution in [2.45, 2.75) is 111 Å². The van der Waals surface area contributed by atoms with Crippen LogP contribution in [-0.2, 0) is 14.9 Å². The van der Waals surface area contributed by atoms with Gasteiger partial charge in [-0.25, -0.2) is 9.78 Å². The number of anilines is 1. The molecule has 232 valence electrons. The Morgan fingerprint density at radius 1 is 0.976 bits per heavy atom. The van der Waals surface area contributed by atoms with Crippen molar-refractivity contribution >= 4 is 34.9 Å². The van der Waals surface area contributed by atoms with E-state index in [-0.39, 0.29) is 17.9 Å². The Bertz CT molecular complexity index is 1310. The van der Waals surface area contributed by atoms with E-state index in [0.29, 0.717) is 28.8 Å². The molecule has 0 atom stereocenters. The maximum atomic E-state index is 12.6. The van der Waals surface area contributed by atoms with E-state index in [1.807, 2.05) is 12.1 Å². The van der Waals surface area contributed by atoms with Crippen LogP contribution < -0.4 is 10.6 Å². The van der Waals surface area contributed by atoms with Crippen LogP contribution in [0.4, 0.5) is 10.5 Å². The van der Waals surface area contributed by atoms with Gasteiger partial charge in [0, 0.05) is 23.2 Å². The number of benzene rings is 1. The molecule has 0 bridgehead atoms. The van der Waals surface area contributed by atoms with Crippen LogP contribution in [0.15, 0.2) is 24.3 Å². The molecule has 2 aromatic heterocycles. The second-order valence-corrected chi connectivity index (χ2v) is 13.2. The van der Waals surface area contributed by atoms with E-state index in [1.54, 1.807) is 30.6 Å². The maximum Gasteiger partial charge on any atom is 0.319 e. The van der Waals surface area contributed by atoms with E-state index >= 15 is 0 Å². The highest BCUT2D eigenvalue weighted by molar-refractivity contribution is 6.34. The Balaban J connectivity index is 1.41. The van der Waals surface area contributed by atoms with Crippen LogP contribution in [0.3, 0.4) is 0 Å². The molecule has 0 radical (unpaired) electrons. The Labute approximate surface area is 255 Å². The van der Waals surface area contributed by atoms with Gasteiger partial charge >= 0.3 is 12.0 Å². The summed E-state index contributed by atoms with van der Waals surface area (Å²) in [6.07, 6.45) is 12.3. The van der Waals surface area contributed by atoms with Crippen molar-refractivity contribution in [3.8, 4) is 11.4 Å². The zero-order valence-electron chi connectivity index (χ0n) is 26.2. The Morgan fingerprint density at radius 2 is 1.62 bits per heavy atom. The van der Waals surface area contributed by atoms with Gasteiger partial charge in [-0.3, -0.25) is 9.89 Å². The van der Waals surface area contributed by atoms with Crippen molar-refractivity contribution in [3.63, 3.8) is 0 Å². The van der Waals surface area contributed by atoms with Crippen molar-refractivity contribution in [3.05, 3.63) is 35.0 Å². The zero-order valence-corrected chi connectivity index (χ0v) is 27.0. The Hall–Kier alpha value is -3.07. The average molecular weight is 601 g/mol. The minimum atomic E-state index is -0.843. The summed E-state index contributed by atoms with van der Waals surface area (Å²) in [6, 6.07) is 6.84. The van der Waals surface area contributed by atoms with Crippen LogP contribution >= 0.6 is 11.6 Å². The summed E-state index contributed by atoms with van der Waals surface area (Å²) in [6.45, 7) is 12.5. The maximum absolute atomic E-state index is 12.6. The number of H-pyrrole nitrogens is 1. The second-order valence-electron chi connectivity index (χ2n) is 12.8. The summed E-state index contributed by atoms with van der Waals surface area (Å²) in [4.78, 5) is 29.9. The van der Waals surface area contributed by atoms with E-state index in [2.05, 4.69) is 53.5 Å². The molecule has 3 N–H and O–H groups in total. The number of rotatable bonds is 16. The molecular formula is C32H49ClN6O3. The third kappa shape index (κ3) is 9.75. The van der Waals surface area contributed by atoms with E-state index < -0.39 is 11.4 Å². The number of urea groups is 1. The van der Waals surface area contributed by atoms with Crippen molar-refractivity contribution in [2.75, 3.05) is 18.5 Å². The zero-order chi connectivity index (χ0) is 30.8. The number of hydrogen-bond acceptors (Lipinski definition) is 5. The average Bonchev–Trinajstić information content (AvgIpc) is 3.50. The van der Waals surface area contributed by atoms with Crippen molar-refractivity contribution in [1.82, 2.24) is 25.1 Å². The van der Waals surface area contributed by atoms with Gasteiger partial charge in [-0.2, -0.15) is 4.63 Å². The molecule has 1 aromatic carbocycles. The highest BCUT2D eigenvalue weighted by atomic mass is 35.5. The molecular weight excluding hydrogens is 552 g/mol. The predicted octanol–water partition coefficient (Wildman–Crippen LogP) is 8.29. The normalized spacial score (nSPS) is 12.1. The van der Waals surface area contributed by atoms with E-state index in [1.165, 1.54) is 51.4 Å². The van der Waals surface area contributed by atoms with E-state index in [4.69, 9.17) is 16.3 Å². The molecule has 0 fully saturated rings. The number of halogens is 1. The van der Waals surface area contributed by atoms with Gasteiger partial charge in [-0.05, 0) is 32.4 Å². The standard InChI is InChI=1S/C32H49ClN6O3/c1-7-8-9-10-11-12-13-14-15-16-20-42-29(40)32(5,6)22-34-30(41)35-24-19-17-18-23(21-24)27-36-28-25(33)26(31(2,3)4)37-39(28)38-27/h17-19,21,37H,7-16,20,22H2,1-6H3,(H2,34,35,41). The van der Waals surface area contributed by atoms with Crippen LogP contribution in [0.2, 0.25) is 5.02 Å². The second kappa shape index (κ2) is 15.4. The quantitative estimate of drug-likeness (QED) is 0.113. The highest BCUT2D eigenvalue weighted by Gasteiger charge is 2.30. The van der Waals surface area contributed by atoms with E-state index in [0.717, 1.165) is 24.1 Å². The number of hydrogen-bond donors (Lipinski definition) is 3. The van der Waals surface area contributed by atoms with Crippen LogP contribution in [0, 0.1) is 5.41 Å². The van der Waals surface area contributed by atoms with Gasteiger partial charge in [0.2, 0.25) is 0 Å². The molecule has 0 aliphatic heterocycles. The first kappa shape index (κ1) is 33.4. The largest absolute Gasteiger partial charge is 0.465 e. The number of esters is 1. The van der Waals surface area contributed by atoms with Crippen molar-refractivity contribution < 1.29 is 14.3 Å². The summed E-state index contributed by atoms with van der Waals surface area (Å²) in [7, 11) is 0. The van der Waals surface area contributed by atoms with Gasteiger partial charge in [0.25, 0.3) is 0 Å². The van der Waals surface area contributed by atoms with Crippen molar-refractivity contribution in [1.29, 1.82) is 0 Å². The third-order valence-electron chi connectivity index (χ3n) is 7.34. The monoisotopic (exact) mass is 600 g/mol. The lowest BCUT2D eigenvalue weighted by Gasteiger charge is -2.23. The lowest BCUT2D eigenvalue weighted by Crippen LogP contribution is -2.41. The van der Waals surface area contributed by atoms with Gasteiger partial charge in [0.05, 0.1) is 17.7 Å². The van der Waals surface area contributed by atoms with Crippen molar-refractivity contribution in [2.24, 2.45) is 5.41 Å². The summed E-state index contributed by atoms with van der Waals surface area (Å²) >= 11 is 6.56. The number of fused-ring (bicyclic) bond motifs is 1. The van der Waals surface area contributed by atoms with Crippen LogP contribution in [0.25, 0.3) is 17.0 Å². The molecule has 10 heteroatoms. The Kier molecular flexibility index (Phi) is 12.3. The number of nitrogens with one attached hydrogen (secondary N) is 3. The number of ether oxygens (including phenoxy) is 1. The first-order valence-electron chi connectivity index (χ1n) is 15.4. The summed E-state index contributed by atoms with van der Waals surface area (Å²) in [5, 5.41) is 13.9.